The van der Waals surface area contributed by atoms with Crippen molar-refractivity contribution in [1.82, 2.24) is 14.7 Å². The van der Waals surface area contributed by atoms with E-state index < -0.39 is 0 Å². The first-order valence-electron chi connectivity index (χ1n) is 8.82. The second-order valence-corrected chi connectivity index (χ2v) is 7.71. The number of aliphatic hydroxyl groups excluding tert-OH is 1. The predicted molar refractivity (Wildman–Crippen MR) is 94.5 cm³/mol. The van der Waals surface area contributed by atoms with Crippen LogP contribution in [0.1, 0.15) is 12.0 Å². The molecule has 5 heteroatoms. The summed E-state index contributed by atoms with van der Waals surface area (Å²) in [5.41, 5.74) is 1.15. The molecule has 0 spiro atoms. The lowest BCUT2D eigenvalue weighted by Crippen LogP contribution is -2.54. The first-order valence-corrected chi connectivity index (χ1v) is 8.82. The minimum Gasteiger partial charge on any atom is -0.396 e. The van der Waals surface area contributed by atoms with Crippen LogP contribution in [0.2, 0.25) is 0 Å². The number of carbonyl (C=O) groups excluding carboxylic acids is 1. The molecule has 0 radical (unpaired) electrons. The molecule has 1 N–H and O–H groups in total. The van der Waals surface area contributed by atoms with Crippen molar-refractivity contribution < 1.29 is 9.90 Å². The van der Waals surface area contributed by atoms with Crippen molar-refractivity contribution >= 4 is 5.91 Å². The van der Waals surface area contributed by atoms with Gasteiger partial charge in [0.25, 0.3) is 0 Å². The van der Waals surface area contributed by atoms with Gasteiger partial charge in [0, 0.05) is 38.1 Å². The van der Waals surface area contributed by atoms with E-state index >= 15 is 0 Å². The summed E-state index contributed by atoms with van der Waals surface area (Å²) < 4.78 is 0. The second kappa shape index (κ2) is 7.21. The third-order valence-corrected chi connectivity index (χ3v) is 5.50. The molecular weight excluding hydrogens is 302 g/mol. The van der Waals surface area contributed by atoms with Crippen molar-refractivity contribution in [2.24, 2.45) is 11.3 Å². The number of rotatable bonds is 5. The average Bonchev–Trinajstić information content (AvgIpc) is 2.92. The zero-order valence-electron chi connectivity index (χ0n) is 14.8. The van der Waals surface area contributed by atoms with Crippen LogP contribution in [0.25, 0.3) is 0 Å². The van der Waals surface area contributed by atoms with Crippen molar-refractivity contribution in [2.75, 3.05) is 53.4 Å². The Balaban J connectivity index is 1.67. The molecule has 24 heavy (non-hydrogen) atoms. The van der Waals surface area contributed by atoms with Crippen LogP contribution in [-0.4, -0.2) is 79.1 Å². The van der Waals surface area contributed by atoms with Crippen molar-refractivity contribution in [3.63, 3.8) is 0 Å². The Morgan fingerprint density at radius 3 is 2.71 bits per heavy atom. The summed E-state index contributed by atoms with van der Waals surface area (Å²) in [4.78, 5) is 18.7. The van der Waals surface area contributed by atoms with E-state index in [0.717, 1.165) is 32.6 Å². The minimum absolute atomic E-state index is 0.158. The Kier molecular flexibility index (Phi) is 5.23. The van der Waals surface area contributed by atoms with Crippen LogP contribution in [0.15, 0.2) is 30.3 Å². The highest BCUT2D eigenvalue weighted by Gasteiger charge is 2.49. The molecule has 2 heterocycles. The third-order valence-electron chi connectivity index (χ3n) is 5.50. The smallest absolute Gasteiger partial charge is 0.236 e. The Bertz CT molecular complexity index is 563. The van der Waals surface area contributed by atoms with Crippen LogP contribution in [0.5, 0.6) is 0 Å². The molecule has 2 aliphatic rings. The van der Waals surface area contributed by atoms with Gasteiger partial charge < -0.3 is 14.9 Å². The highest BCUT2D eigenvalue weighted by Crippen LogP contribution is 2.42. The molecule has 0 saturated carbocycles. The lowest BCUT2D eigenvalue weighted by atomic mass is 9.74. The van der Waals surface area contributed by atoms with Gasteiger partial charge in [-0.25, -0.2) is 0 Å². The first-order chi connectivity index (χ1) is 11.5. The van der Waals surface area contributed by atoms with Crippen LogP contribution in [0, 0.1) is 11.3 Å². The zero-order valence-corrected chi connectivity index (χ0v) is 14.8. The fourth-order valence-electron chi connectivity index (χ4n) is 4.27. The SMILES string of the molecule is CN(C)CC(=O)N1CC[C@H]2CN(Cc3ccccc3)C[C@@]2(CO)C1. The number of piperidine rings is 1. The molecule has 132 valence electrons. The van der Waals surface area contributed by atoms with E-state index in [1.807, 2.05) is 30.0 Å². The van der Waals surface area contributed by atoms with Crippen molar-refractivity contribution in [2.45, 2.75) is 13.0 Å². The molecule has 2 aliphatic heterocycles. The normalized spacial score (nSPS) is 27.5. The van der Waals surface area contributed by atoms with E-state index in [2.05, 4.69) is 29.2 Å². The number of amides is 1. The van der Waals surface area contributed by atoms with Crippen molar-refractivity contribution in [3.8, 4) is 0 Å². The van der Waals surface area contributed by atoms with Gasteiger partial charge in [0.2, 0.25) is 5.91 Å². The molecule has 1 aromatic rings. The van der Waals surface area contributed by atoms with Crippen molar-refractivity contribution in [3.05, 3.63) is 35.9 Å². The van der Waals surface area contributed by atoms with Crippen LogP contribution < -0.4 is 0 Å². The van der Waals surface area contributed by atoms with E-state index in [9.17, 15) is 9.90 Å². The summed E-state index contributed by atoms with van der Waals surface area (Å²) in [6.07, 6.45) is 0.991. The number of nitrogens with zero attached hydrogens (tertiary/aromatic N) is 3. The maximum Gasteiger partial charge on any atom is 0.236 e. The Hall–Kier alpha value is -1.43. The molecule has 0 aromatic heterocycles. The number of hydrogen-bond acceptors (Lipinski definition) is 4. The number of aliphatic hydroxyl groups is 1. The molecule has 0 bridgehead atoms. The quantitative estimate of drug-likeness (QED) is 0.871. The predicted octanol–water partition coefficient (Wildman–Crippen LogP) is 0.891. The number of hydrogen-bond donors (Lipinski definition) is 1. The first kappa shape index (κ1) is 17.4. The van der Waals surface area contributed by atoms with Gasteiger partial charge in [-0.05, 0) is 32.0 Å². The van der Waals surface area contributed by atoms with Crippen LogP contribution >= 0.6 is 0 Å². The Labute approximate surface area is 144 Å². The molecule has 2 fully saturated rings. The average molecular weight is 331 g/mol. The van der Waals surface area contributed by atoms with Gasteiger partial charge >= 0.3 is 0 Å². The number of likely N-dealkylation sites (N-methyl/N-ethyl adjacent to an activating group) is 1. The monoisotopic (exact) mass is 331 g/mol. The van der Waals surface area contributed by atoms with Crippen LogP contribution in [0.3, 0.4) is 0 Å². The van der Waals surface area contributed by atoms with Crippen LogP contribution in [-0.2, 0) is 11.3 Å². The molecule has 3 rings (SSSR count). The van der Waals surface area contributed by atoms with Crippen molar-refractivity contribution in [1.29, 1.82) is 0 Å². The minimum atomic E-state index is -0.158. The largest absolute Gasteiger partial charge is 0.396 e. The zero-order chi connectivity index (χ0) is 17.2. The molecule has 5 nitrogen and oxygen atoms in total. The number of benzene rings is 1. The van der Waals surface area contributed by atoms with Gasteiger partial charge in [0.1, 0.15) is 0 Å². The summed E-state index contributed by atoms with van der Waals surface area (Å²) in [6.45, 7) is 4.92. The molecule has 0 unspecified atom stereocenters. The van der Waals surface area contributed by atoms with E-state index in [4.69, 9.17) is 0 Å². The maximum absolute atomic E-state index is 12.4. The van der Waals surface area contributed by atoms with Gasteiger partial charge in [0.15, 0.2) is 0 Å². The summed E-state index contributed by atoms with van der Waals surface area (Å²) in [5, 5.41) is 10.1. The Morgan fingerprint density at radius 2 is 2.04 bits per heavy atom. The Morgan fingerprint density at radius 1 is 1.29 bits per heavy atom. The highest BCUT2D eigenvalue weighted by molar-refractivity contribution is 5.78. The number of carbonyl (C=O) groups is 1. The topological polar surface area (TPSA) is 47.0 Å². The molecule has 2 saturated heterocycles. The highest BCUT2D eigenvalue weighted by atomic mass is 16.3. The van der Waals surface area contributed by atoms with E-state index in [1.54, 1.807) is 0 Å². The van der Waals surface area contributed by atoms with Crippen LogP contribution in [0.4, 0.5) is 0 Å². The van der Waals surface area contributed by atoms with E-state index in [-0.39, 0.29) is 17.9 Å². The summed E-state index contributed by atoms with van der Waals surface area (Å²) in [6, 6.07) is 10.5. The standard InChI is InChI=1S/C19H29N3O2/c1-20(2)12-18(24)22-9-8-17-11-21(13-19(17,14-22)15-23)10-16-6-4-3-5-7-16/h3-7,17,23H,8-15H2,1-2H3/t17-,19-/m0/s1. The van der Waals surface area contributed by atoms with Gasteiger partial charge in [-0.15, -0.1) is 0 Å². The molecule has 1 amide bonds. The molecular formula is C19H29N3O2. The molecule has 2 atom stereocenters. The van der Waals surface area contributed by atoms with Gasteiger partial charge in [-0.1, -0.05) is 30.3 Å². The summed E-state index contributed by atoms with van der Waals surface area (Å²) in [5.74, 6) is 0.655. The summed E-state index contributed by atoms with van der Waals surface area (Å²) >= 11 is 0. The fraction of sp³-hybridized carbons (Fsp3) is 0.632. The van der Waals surface area contributed by atoms with E-state index in [0.29, 0.717) is 19.0 Å². The van der Waals surface area contributed by atoms with Gasteiger partial charge in [-0.2, -0.15) is 0 Å². The van der Waals surface area contributed by atoms with Gasteiger partial charge in [0.05, 0.1) is 13.2 Å². The van der Waals surface area contributed by atoms with E-state index in [1.165, 1.54) is 5.56 Å². The second-order valence-electron chi connectivity index (χ2n) is 7.71. The fourth-order valence-corrected chi connectivity index (χ4v) is 4.27. The lowest BCUT2D eigenvalue weighted by molar-refractivity contribution is -0.137. The number of likely N-dealkylation sites (tertiary alicyclic amines) is 2. The summed E-state index contributed by atoms with van der Waals surface area (Å²) in [7, 11) is 3.84. The molecule has 0 aliphatic carbocycles. The lowest BCUT2D eigenvalue weighted by Gasteiger charge is -2.43. The third kappa shape index (κ3) is 3.63. The van der Waals surface area contributed by atoms with Gasteiger partial charge in [-0.3, -0.25) is 9.69 Å². The maximum atomic E-state index is 12.4. The molecule has 1 aromatic carbocycles. The number of fused-ring (bicyclic) bond motifs is 1.